The molecule has 3 N–H and O–H groups in total. The summed E-state index contributed by atoms with van der Waals surface area (Å²) in [6.45, 7) is 5.71. The molecule has 0 fully saturated rings. The van der Waals surface area contributed by atoms with Crippen molar-refractivity contribution in [2.75, 3.05) is 19.7 Å². The molecule has 0 aromatic heterocycles. The SMILES string of the molecule is CC(C)(C)OC(=O)CCC(C(N)=O)N1Cc2c(cc(F)c(Br)c2OCC2=CCN(C(=O)O)CC2)C1=O. The summed E-state index contributed by atoms with van der Waals surface area (Å²) in [5, 5.41) is 9.08. The average Bonchev–Trinajstić information content (AvgIpc) is 3.09. The van der Waals surface area contributed by atoms with Crippen LogP contribution in [-0.2, 0) is 20.9 Å². The Morgan fingerprint density at radius 1 is 1.31 bits per heavy atom. The smallest absolute Gasteiger partial charge is 0.407 e. The van der Waals surface area contributed by atoms with E-state index in [-0.39, 0.29) is 48.3 Å². The molecule has 1 aromatic rings. The van der Waals surface area contributed by atoms with E-state index >= 15 is 0 Å². The van der Waals surface area contributed by atoms with Crippen LogP contribution < -0.4 is 10.5 Å². The highest BCUT2D eigenvalue weighted by molar-refractivity contribution is 9.10. The predicted octanol–water partition coefficient (Wildman–Crippen LogP) is 3.21. The van der Waals surface area contributed by atoms with Gasteiger partial charge in [-0.1, -0.05) is 6.08 Å². The lowest BCUT2D eigenvalue weighted by atomic mass is 10.1. The molecule has 12 heteroatoms. The third-order valence-electron chi connectivity index (χ3n) is 5.82. The van der Waals surface area contributed by atoms with Gasteiger partial charge in [-0.2, -0.15) is 0 Å². The largest absolute Gasteiger partial charge is 0.488 e. The lowest BCUT2D eigenvalue weighted by molar-refractivity contribution is -0.155. The van der Waals surface area contributed by atoms with E-state index < -0.39 is 41.3 Å². The Morgan fingerprint density at radius 2 is 2.00 bits per heavy atom. The molecular weight excluding hydrogens is 541 g/mol. The monoisotopic (exact) mass is 569 g/mol. The molecule has 0 bridgehead atoms. The van der Waals surface area contributed by atoms with Gasteiger partial charge in [-0.05, 0) is 61.2 Å². The van der Waals surface area contributed by atoms with Crippen LogP contribution in [0.3, 0.4) is 0 Å². The van der Waals surface area contributed by atoms with Gasteiger partial charge in [0.05, 0.1) is 16.6 Å². The van der Waals surface area contributed by atoms with E-state index in [0.29, 0.717) is 18.5 Å². The Hall–Kier alpha value is -3.15. The number of esters is 1. The van der Waals surface area contributed by atoms with Crippen LogP contribution >= 0.6 is 15.9 Å². The van der Waals surface area contributed by atoms with Gasteiger partial charge in [-0.15, -0.1) is 0 Å². The first-order chi connectivity index (χ1) is 16.8. The number of benzene rings is 1. The number of halogens is 2. The third kappa shape index (κ3) is 6.34. The van der Waals surface area contributed by atoms with Gasteiger partial charge in [0.1, 0.15) is 29.8 Å². The molecule has 36 heavy (non-hydrogen) atoms. The molecule has 3 amide bonds. The number of carboxylic acid groups (broad SMARTS) is 1. The third-order valence-corrected chi connectivity index (χ3v) is 6.56. The van der Waals surface area contributed by atoms with Crippen molar-refractivity contribution in [3.05, 3.63) is 39.1 Å². The first-order valence-corrected chi connectivity index (χ1v) is 12.2. The topological polar surface area (TPSA) is 139 Å². The lowest BCUT2D eigenvalue weighted by Gasteiger charge is -2.26. The summed E-state index contributed by atoms with van der Waals surface area (Å²) in [4.78, 5) is 51.0. The molecule has 1 aromatic carbocycles. The number of rotatable bonds is 8. The predicted molar refractivity (Wildman–Crippen MR) is 130 cm³/mol. The first kappa shape index (κ1) is 27.4. The molecule has 2 aliphatic rings. The van der Waals surface area contributed by atoms with Crippen molar-refractivity contribution in [1.29, 1.82) is 0 Å². The Labute approximate surface area is 216 Å². The van der Waals surface area contributed by atoms with Crippen LogP contribution in [0.15, 0.2) is 22.2 Å². The molecule has 3 rings (SSSR count). The molecule has 1 atom stereocenters. The number of fused-ring (bicyclic) bond motifs is 1. The highest BCUT2D eigenvalue weighted by atomic mass is 79.9. The van der Waals surface area contributed by atoms with Crippen molar-refractivity contribution in [2.45, 2.75) is 58.2 Å². The average molecular weight is 570 g/mol. The summed E-state index contributed by atoms with van der Waals surface area (Å²) in [5.41, 5.74) is 6.13. The quantitative estimate of drug-likeness (QED) is 0.362. The van der Waals surface area contributed by atoms with E-state index in [2.05, 4.69) is 15.9 Å². The fraction of sp³-hybridized carbons (Fsp3) is 0.500. The zero-order valence-corrected chi connectivity index (χ0v) is 21.9. The fourth-order valence-corrected chi connectivity index (χ4v) is 4.54. The van der Waals surface area contributed by atoms with Crippen LogP contribution in [0.1, 0.15) is 56.0 Å². The number of hydrogen-bond acceptors (Lipinski definition) is 6. The van der Waals surface area contributed by atoms with E-state index in [1.807, 2.05) is 0 Å². The van der Waals surface area contributed by atoms with Crippen molar-refractivity contribution >= 4 is 39.8 Å². The van der Waals surface area contributed by atoms with Gasteiger partial charge >= 0.3 is 12.1 Å². The number of carbonyl (C=O) groups is 4. The van der Waals surface area contributed by atoms with Crippen molar-refractivity contribution in [1.82, 2.24) is 9.80 Å². The lowest BCUT2D eigenvalue weighted by Crippen LogP contribution is -2.45. The van der Waals surface area contributed by atoms with E-state index in [1.165, 1.54) is 9.80 Å². The second-order valence-corrected chi connectivity index (χ2v) is 10.4. The molecule has 2 aliphatic heterocycles. The highest BCUT2D eigenvalue weighted by Crippen LogP contribution is 2.40. The molecule has 10 nitrogen and oxygen atoms in total. The van der Waals surface area contributed by atoms with Crippen LogP contribution in [0.25, 0.3) is 0 Å². The molecular formula is C24H29BrFN3O7. The fourth-order valence-electron chi connectivity index (χ4n) is 4.07. The van der Waals surface area contributed by atoms with Gasteiger partial charge in [-0.25, -0.2) is 9.18 Å². The Balaban J connectivity index is 1.77. The number of hydrogen-bond donors (Lipinski definition) is 2. The number of carbonyl (C=O) groups excluding carboxylic acids is 3. The molecule has 1 unspecified atom stereocenters. The maximum atomic E-state index is 14.7. The zero-order valence-electron chi connectivity index (χ0n) is 20.3. The molecule has 0 saturated heterocycles. The van der Waals surface area contributed by atoms with Gasteiger partial charge in [0.2, 0.25) is 5.91 Å². The van der Waals surface area contributed by atoms with Crippen molar-refractivity contribution in [2.24, 2.45) is 5.73 Å². The van der Waals surface area contributed by atoms with Crippen molar-refractivity contribution in [3.63, 3.8) is 0 Å². The molecule has 2 heterocycles. The van der Waals surface area contributed by atoms with Crippen LogP contribution in [0.2, 0.25) is 0 Å². The second-order valence-electron chi connectivity index (χ2n) is 9.63. The molecule has 0 aliphatic carbocycles. The zero-order chi connectivity index (χ0) is 26.8. The number of primary amides is 1. The standard InChI is InChI=1S/C24H29BrFN3O7/c1-24(2,3)36-18(30)5-4-17(21(27)31)29-11-15-14(22(29)32)10-16(26)19(25)20(15)35-12-13-6-8-28(9-7-13)23(33)34/h6,10,17H,4-5,7-9,11-12H2,1-3H3,(H2,27,31)(H,33,34). The van der Waals surface area contributed by atoms with E-state index in [0.717, 1.165) is 11.6 Å². The van der Waals surface area contributed by atoms with E-state index in [9.17, 15) is 23.6 Å². The Bertz CT molecular complexity index is 1120. The Kier molecular flexibility index (Phi) is 8.27. The summed E-state index contributed by atoms with van der Waals surface area (Å²) in [7, 11) is 0. The van der Waals surface area contributed by atoms with Gasteiger partial charge in [0.15, 0.2) is 0 Å². The number of nitrogens with zero attached hydrogens (tertiary/aromatic N) is 2. The van der Waals surface area contributed by atoms with Crippen LogP contribution in [0.5, 0.6) is 5.75 Å². The summed E-state index contributed by atoms with van der Waals surface area (Å²) in [5.74, 6) is -2.51. The summed E-state index contributed by atoms with van der Waals surface area (Å²) in [6, 6.07) is -0.0272. The van der Waals surface area contributed by atoms with Crippen LogP contribution in [0.4, 0.5) is 9.18 Å². The van der Waals surface area contributed by atoms with E-state index in [1.54, 1.807) is 26.8 Å². The van der Waals surface area contributed by atoms with Crippen molar-refractivity contribution in [3.8, 4) is 5.75 Å². The minimum absolute atomic E-state index is 0.0313. The summed E-state index contributed by atoms with van der Waals surface area (Å²) >= 11 is 3.18. The molecule has 0 saturated carbocycles. The second kappa shape index (κ2) is 10.9. The minimum Gasteiger partial charge on any atom is -0.488 e. The normalized spacial score (nSPS) is 16.4. The molecule has 196 valence electrons. The Morgan fingerprint density at radius 3 is 2.56 bits per heavy atom. The minimum atomic E-state index is -1.10. The maximum absolute atomic E-state index is 14.7. The van der Waals surface area contributed by atoms with Gasteiger partial charge in [0.25, 0.3) is 5.91 Å². The van der Waals surface area contributed by atoms with Gasteiger partial charge in [0, 0.05) is 25.1 Å². The van der Waals surface area contributed by atoms with Crippen LogP contribution in [-0.4, -0.2) is 70.1 Å². The van der Waals surface area contributed by atoms with Gasteiger partial charge in [-0.3, -0.25) is 14.4 Å². The number of ether oxygens (including phenoxy) is 2. The van der Waals surface area contributed by atoms with Crippen LogP contribution in [0, 0.1) is 5.82 Å². The highest BCUT2D eigenvalue weighted by Gasteiger charge is 2.39. The summed E-state index contributed by atoms with van der Waals surface area (Å²) in [6.07, 6.45) is 1.01. The van der Waals surface area contributed by atoms with E-state index in [4.69, 9.17) is 20.3 Å². The maximum Gasteiger partial charge on any atom is 0.407 e. The molecule has 0 spiro atoms. The number of nitrogens with two attached hydrogens (primary N) is 1. The first-order valence-electron chi connectivity index (χ1n) is 11.4. The van der Waals surface area contributed by atoms with Crippen molar-refractivity contribution < 1.29 is 38.1 Å². The summed E-state index contributed by atoms with van der Waals surface area (Å²) < 4.78 is 25.9. The number of amides is 3. The van der Waals surface area contributed by atoms with Gasteiger partial charge < -0.3 is 30.1 Å². The molecule has 0 radical (unpaired) electrons.